The van der Waals surface area contributed by atoms with Gasteiger partial charge in [-0.2, -0.15) is 0 Å². The molecule has 2 N–H and O–H groups in total. The molecular weight excluding hydrogens is 335 g/mol. The maximum Gasteiger partial charge on any atom is 0.407 e. The Labute approximate surface area is 153 Å². The van der Waals surface area contributed by atoms with Gasteiger partial charge in [0.15, 0.2) is 11.6 Å². The highest BCUT2D eigenvalue weighted by Crippen LogP contribution is 2.42. The molecule has 142 valence electrons. The Bertz CT molecular complexity index is 823. The molecule has 1 heterocycles. The lowest BCUT2D eigenvalue weighted by Gasteiger charge is -2.23. The van der Waals surface area contributed by atoms with E-state index in [-0.39, 0.29) is 23.5 Å². The van der Waals surface area contributed by atoms with E-state index in [9.17, 15) is 9.18 Å². The molecule has 1 aromatic heterocycles. The number of hydrogen-bond acceptors (Lipinski definition) is 3. The summed E-state index contributed by atoms with van der Waals surface area (Å²) in [5.41, 5.74) is 2.70. The molecule has 0 radical (unpaired) electrons. The third-order valence-electron chi connectivity index (χ3n) is 4.75. The van der Waals surface area contributed by atoms with Crippen molar-refractivity contribution in [3.63, 3.8) is 0 Å². The molecule has 26 heavy (non-hydrogen) atoms. The molecule has 0 spiro atoms. The van der Waals surface area contributed by atoms with Gasteiger partial charge in [-0.3, -0.25) is 0 Å². The quantitative estimate of drug-likeness (QED) is 0.832. The van der Waals surface area contributed by atoms with Gasteiger partial charge in [-0.25, -0.2) is 9.18 Å². The second-order valence-corrected chi connectivity index (χ2v) is 8.07. The number of alkyl carbamates (subject to hydrolysis) is 1. The molecule has 0 fully saturated rings. The lowest BCUT2D eigenvalue weighted by Crippen LogP contribution is -2.38. The van der Waals surface area contributed by atoms with Crippen molar-refractivity contribution < 1.29 is 18.7 Å². The van der Waals surface area contributed by atoms with Gasteiger partial charge in [-0.15, -0.1) is 0 Å². The van der Waals surface area contributed by atoms with Crippen LogP contribution in [0.15, 0.2) is 12.1 Å². The van der Waals surface area contributed by atoms with Crippen LogP contribution in [-0.2, 0) is 11.2 Å². The van der Waals surface area contributed by atoms with Crippen LogP contribution < -0.4 is 10.1 Å². The summed E-state index contributed by atoms with van der Waals surface area (Å²) in [6, 6.07) is 3.23. The van der Waals surface area contributed by atoms with Crippen molar-refractivity contribution >= 4 is 17.0 Å². The minimum Gasteiger partial charge on any atom is -0.494 e. The van der Waals surface area contributed by atoms with Crippen LogP contribution >= 0.6 is 0 Å². The number of nitrogens with one attached hydrogen (secondary N) is 2. The maximum atomic E-state index is 14.2. The molecule has 5 nitrogen and oxygen atoms in total. The van der Waals surface area contributed by atoms with E-state index in [2.05, 4.69) is 10.3 Å². The number of H-pyrrole nitrogens is 1. The van der Waals surface area contributed by atoms with E-state index < -0.39 is 11.7 Å². The fraction of sp³-hybridized carbons (Fsp3) is 0.550. The highest BCUT2D eigenvalue weighted by Gasteiger charge is 2.29. The molecule has 0 bridgehead atoms. The average molecular weight is 362 g/mol. The van der Waals surface area contributed by atoms with Crippen molar-refractivity contribution in [1.82, 2.24) is 10.3 Å². The Hall–Kier alpha value is -2.24. The summed E-state index contributed by atoms with van der Waals surface area (Å²) in [5.74, 6) is 0.165. The van der Waals surface area contributed by atoms with Crippen molar-refractivity contribution in [3.05, 3.63) is 29.2 Å². The normalized spacial score (nSPS) is 17.8. The van der Waals surface area contributed by atoms with Crippen molar-refractivity contribution in [1.29, 1.82) is 0 Å². The lowest BCUT2D eigenvalue weighted by atomic mass is 9.93. The molecule has 1 aliphatic carbocycles. The number of benzene rings is 1. The van der Waals surface area contributed by atoms with Gasteiger partial charge in [0.25, 0.3) is 0 Å². The van der Waals surface area contributed by atoms with Crippen molar-refractivity contribution in [2.24, 2.45) is 0 Å². The largest absolute Gasteiger partial charge is 0.494 e. The summed E-state index contributed by atoms with van der Waals surface area (Å²) in [6.45, 7) is 7.50. The zero-order valence-electron chi connectivity index (χ0n) is 16.0. The molecule has 6 heteroatoms. The van der Waals surface area contributed by atoms with Crippen LogP contribution in [0.3, 0.4) is 0 Å². The number of aromatic nitrogens is 1. The highest BCUT2D eigenvalue weighted by atomic mass is 19.1. The SMILES string of the molecule is COc1cc2[nH]c3c(c2cc1F)C(CC(C)NC(=O)OC(C)(C)C)CC3. The summed E-state index contributed by atoms with van der Waals surface area (Å²) in [7, 11) is 1.47. The number of aromatic amines is 1. The third kappa shape index (κ3) is 3.79. The number of rotatable bonds is 4. The van der Waals surface area contributed by atoms with Gasteiger partial charge >= 0.3 is 6.09 Å². The van der Waals surface area contributed by atoms with Crippen LogP contribution in [0.2, 0.25) is 0 Å². The number of ether oxygens (including phenoxy) is 2. The highest BCUT2D eigenvalue weighted by molar-refractivity contribution is 5.87. The molecule has 2 unspecified atom stereocenters. The fourth-order valence-corrected chi connectivity index (χ4v) is 3.79. The molecule has 2 aromatic rings. The summed E-state index contributed by atoms with van der Waals surface area (Å²) in [4.78, 5) is 15.4. The summed E-state index contributed by atoms with van der Waals surface area (Å²) < 4.78 is 24.6. The fourth-order valence-electron chi connectivity index (χ4n) is 3.79. The Morgan fingerprint density at radius 3 is 2.81 bits per heavy atom. The lowest BCUT2D eigenvalue weighted by molar-refractivity contribution is 0.0505. The number of fused-ring (bicyclic) bond motifs is 3. The first kappa shape index (κ1) is 18.5. The summed E-state index contributed by atoms with van der Waals surface area (Å²) >= 11 is 0. The Morgan fingerprint density at radius 1 is 1.42 bits per heavy atom. The Kier molecular flexibility index (Phi) is 4.86. The minimum atomic E-state index is -0.516. The van der Waals surface area contributed by atoms with E-state index >= 15 is 0 Å². The van der Waals surface area contributed by atoms with E-state index in [1.54, 1.807) is 12.1 Å². The van der Waals surface area contributed by atoms with E-state index in [1.165, 1.54) is 12.7 Å². The first-order valence-electron chi connectivity index (χ1n) is 9.05. The van der Waals surface area contributed by atoms with Gasteiger partial charge in [0.2, 0.25) is 0 Å². The predicted molar refractivity (Wildman–Crippen MR) is 99.3 cm³/mol. The van der Waals surface area contributed by atoms with Crippen LogP contribution in [0.4, 0.5) is 9.18 Å². The molecule has 1 aliphatic rings. The van der Waals surface area contributed by atoms with Crippen molar-refractivity contribution in [2.75, 3.05) is 7.11 Å². The Balaban J connectivity index is 1.76. The molecule has 3 rings (SSSR count). The summed E-state index contributed by atoms with van der Waals surface area (Å²) in [6.07, 6.45) is 2.30. The van der Waals surface area contributed by atoms with Gasteiger partial charge in [-0.1, -0.05) is 0 Å². The molecule has 1 amide bonds. The zero-order valence-corrected chi connectivity index (χ0v) is 16.0. The van der Waals surface area contributed by atoms with Gasteiger partial charge in [-0.05, 0) is 64.5 Å². The zero-order chi connectivity index (χ0) is 19.1. The second-order valence-electron chi connectivity index (χ2n) is 8.07. The van der Waals surface area contributed by atoms with Gasteiger partial charge in [0, 0.05) is 28.7 Å². The first-order chi connectivity index (χ1) is 12.2. The second kappa shape index (κ2) is 6.82. The molecule has 0 aliphatic heterocycles. The number of methoxy groups -OCH3 is 1. The van der Waals surface area contributed by atoms with Gasteiger partial charge < -0.3 is 19.8 Å². The first-order valence-corrected chi connectivity index (χ1v) is 9.05. The number of carbonyl (C=O) groups excluding carboxylic acids is 1. The van der Waals surface area contributed by atoms with Gasteiger partial charge in [0.05, 0.1) is 7.11 Å². The van der Waals surface area contributed by atoms with E-state index in [1.807, 2.05) is 27.7 Å². The average Bonchev–Trinajstić information content (AvgIpc) is 3.04. The molecule has 1 aromatic carbocycles. The van der Waals surface area contributed by atoms with Crippen molar-refractivity contribution in [2.45, 2.75) is 64.5 Å². The molecular formula is C20H27FN2O3. The summed E-state index contributed by atoms with van der Waals surface area (Å²) in [5, 5.41) is 3.81. The number of halogens is 1. The Morgan fingerprint density at radius 2 is 2.15 bits per heavy atom. The smallest absolute Gasteiger partial charge is 0.407 e. The predicted octanol–water partition coefficient (Wildman–Crippen LogP) is 4.65. The monoisotopic (exact) mass is 362 g/mol. The molecule has 0 saturated carbocycles. The maximum absolute atomic E-state index is 14.2. The number of hydrogen-bond donors (Lipinski definition) is 2. The third-order valence-corrected chi connectivity index (χ3v) is 4.75. The number of aryl methyl sites for hydroxylation is 1. The minimum absolute atomic E-state index is 0.0335. The number of carbonyl (C=O) groups is 1. The van der Waals surface area contributed by atoms with E-state index in [4.69, 9.17) is 9.47 Å². The van der Waals surface area contributed by atoms with Gasteiger partial charge in [0.1, 0.15) is 5.60 Å². The van der Waals surface area contributed by atoms with Crippen LogP contribution in [0, 0.1) is 5.82 Å². The van der Waals surface area contributed by atoms with E-state index in [0.29, 0.717) is 0 Å². The van der Waals surface area contributed by atoms with Crippen LogP contribution in [0.5, 0.6) is 5.75 Å². The molecule has 0 saturated heterocycles. The van der Waals surface area contributed by atoms with Crippen LogP contribution in [-0.4, -0.2) is 29.8 Å². The number of amides is 1. The topological polar surface area (TPSA) is 63.3 Å². The molecule has 2 atom stereocenters. The van der Waals surface area contributed by atoms with Crippen molar-refractivity contribution in [3.8, 4) is 5.75 Å². The van der Waals surface area contributed by atoms with Crippen LogP contribution in [0.25, 0.3) is 10.9 Å². The van der Waals surface area contributed by atoms with Crippen LogP contribution in [0.1, 0.15) is 57.7 Å². The van der Waals surface area contributed by atoms with E-state index in [0.717, 1.165) is 35.9 Å². The standard InChI is InChI=1S/C20H27FN2O3/c1-11(22-19(24)26-20(2,3)4)8-12-6-7-15-18(12)13-9-14(21)17(25-5)10-16(13)23-15/h9-12,23H,6-8H2,1-5H3,(H,22,24).